The largest absolute Gasteiger partial charge is 0.449 e. The lowest BCUT2D eigenvalue weighted by Crippen LogP contribution is -2.30. The van der Waals surface area contributed by atoms with Crippen LogP contribution in [0.15, 0.2) is 36.4 Å². The average Bonchev–Trinajstić information content (AvgIpc) is 2.62. The fourth-order valence-corrected chi connectivity index (χ4v) is 2.77. The number of hydrogen-bond donors (Lipinski definition) is 3. The van der Waals surface area contributed by atoms with Gasteiger partial charge in [-0.1, -0.05) is 17.7 Å². The van der Waals surface area contributed by atoms with Crippen LogP contribution in [0.3, 0.4) is 0 Å². The molecule has 0 aliphatic heterocycles. The highest BCUT2D eigenvalue weighted by molar-refractivity contribution is 6.00. The summed E-state index contributed by atoms with van der Waals surface area (Å²) in [6.07, 6.45) is -1.06. The van der Waals surface area contributed by atoms with E-state index in [4.69, 9.17) is 4.74 Å². The van der Waals surface area contributed by atoms with Crippen molar-refractivity contribution >= 4 is 40.8 Å². The molecular formula is C22H25N3O5. The number of benzene rings is 2. The molecule has 8 heteroatoms. The Morgan fingerprint density at radius 1 is 0.833 bits per heavy atom. The number of amides is 3. The Hall–Kier alpha value is -3.68. The Labute approximate surface area is 175 Å². The summed E-state index contributed by atoms with van der Waals surface area (Å²) in [7, 11) is 0. The van der Waals surface area contributed by atoms with Gasteiger partial charge in [-0.25, -0.2) is 4.79 Å². The Morgan fingerprint density at radius 3 is 1.90 bits per heavy atom. The van der Waals surface area contributed by atoms with Crippen molar-refractivity contribution in [2.75, 3.05) is 16.0 Å². The molecule has 0 aliphatic rings. The van der Waals surface area contributed by atoms with Gasteiger partial charge in [0.05, 0.1) is 5.56 Å². The topological polar surface area (TPSA) is 114 Å². The summed E-state index contributed by atoms with van der Waals surface area (Å²) in [5.41, 5.74) is 3.30. The second-order valence-corrected chi connectivity index (χ2v) is 7.02. The van der Waals surface area contributed by atoms with Crippen molar-refractivity contribution in [2.24, 2.45) is 0 Å². The molecule has 2 aromatic carbocycles. The summed E-state index contributed by atoms with van der Waals surface area (Å²) in [6.45, 7) is 7.93. The molecule has 158 valence electrons. The maximum Gasteiger partial charge on any atom is 0.339 e. The number of nitrogens with one attached hydrogen (secondary N) is 3. The zero-order chi connectivity index (χ0) is 22.4. The van der Waals surface area contributed by atoms with E-state index in [2.05, 4.69) is 16.0 Å². The van der Waals surface area contributed by atoms with Gasteiger partial charge < -0.3 is 20.7 Å². The highest BCUT2D eigenvalue weighted by Crippen LogP contribution is 2.21. The third-order valence-corrected chi connectivity index (χ3v) is 4.10. The van der Waals surface area contributed by atoms with Crippen LogP contribution in [-0.2, 0) is 19.1 Å². The van der Waals surface area contributed by atoms with Crippen molar-refractivity contribution in [2.45, 2.75) is 40.7 Å². The van der Waals surface area contributed by atoms with Crippen molar-refractivity contribution in [3.63, 3.8) is 0 Å². The zero-order valence-electron chi connectivity index (χ0n) is 17.6. The van der Waals surface area contributed by atoms with Crippen molar-refractivity contribution in [1.82, 2.24) is 0 Å². The summed E-state index contributed by atoms with van der Waals surface area (Å²) in [4.78, 5) is 47.7. The van der Waals surface area contributed by atoms with E-state index in [1.165, 1.54) is 39.0 Å². The van der Waals surface area contributed by atoms with Crippen LogP contribution in [0.4, 0.5) is 17.1 Å². The SMILES string of the molecule is CC(=O)Nc1cc(NC(C)=O)cc(C(=O)O[C@@H](C)C(=O)Nc2ccc(C)cc2C)c1. The van der Waals surface area contributed by atoms with E-state index >= 15 is 0 Å². The van der Waals surface area contributed by atoms with Crippen molar-refractivity contribution < 1.29 is 23.9 Å². The Kier molecular flexibility index (Phi) is 7.30. The number of rotatable bonds is 6. The predicted molar refractivity (Wildman–Crippen MR) is 114 cm³/mol. The van der Waals surface area contributed by atoms with Crippen LogP contribution in [-0.4, -0.2) is 29.8 Å². The molecule has 0 saturated heterocycles. The summed E-state index contributed by atoms with van der Waals surface area (Å²) in [5, 5.41) is 7.85. The van der Waals surface area contributed by atoms with Gasteiger partial charge in [0, 0.05) is 30.9 Å². The lowest BCUT2D eigenvalue weighted by Gasteiger charge is -2.16. The zero-order valence-corrected chi connectivity index (χ0v) is 17.6. The Morgan fingerprint density at radius 2 is 1.40 bits per heavy atom. The number of hydrogen-bond acceptors (Lipinski definition) is 5. The maximum absolute atomic E-state index is 12.6. The molecule has 3 N–H and O–H groups in total. The molecule has 0 fully saturated rings. The van der Waals surface area contributed by atoms with Crippen molar-refractivity contribution in [3.05, 3.63) is 53.1 Å². The van der Waals surface area contributed by atoms with Gasteiger partial charge in [-0.2, -0.15) is 0 Å². The van der Waals surface area contributed by atoms with Crippen molar-refractivity contribution in [3.8, 4) is 0 Å². The average molecular weight is 411 g/mol. The van der Waals surface area contributed by atoms with Crippen LogP contribution >= 0.6 is 0 Å². The maximum atomic E-state index is 12.6. The van der Waals surface area contributed by atoms with Crippen LogP contribution in [0.5, 0.6) is 0 Å². The Bertz CT molecular complexity index is 966. The lowest BCUT2D eigenvalue weighted by molar-refractivity contribution is -0.123. The molecule has 8 nitrogen and oxygen atoms in total. The molecular weight excluding hydrogens is 386 g/mol. The molecule has 0 spiro atoms. The summed E-state index contributed by atoms with van der Waals surface area (Å²) in [6, 6.07) is 9.91. The number of esters is 1. The van der Waals surface area contributed by atoms with E-state index in [0.717, 1.165) is 11.1 Å². The molecule has 2 rings (SSSR count). The third-order valence-electron chi connectivity index (χ3n) is 4.10. The van der Waals surface area contributed by atoms with Crippen LogP contribution in [0, 0.1) is 13.8 Å². The third kappa shape index (κ3) is 6.44. The highest BCUT2D eigenvalue weighted by Gasteiger charge is 2.20. The Balaban J connectivity index is 2.15. The summed E-state index contributed by atoms with van der Waals surface area (Å²) >= 11 is 0. The smallest absolute Gasteiger partial charge is 0.339 e. The van der Waals surface area contributed by atoms with Crippen LogP contribution in [0.25, 0.3) is 0 Å². The minimum absolute atomic E-state index is 0.0798. The van der Waals surface area contributed by atoms with Crippen LogP contribution in [0.2, 0.25) is 0 Å². The fraction of sp³-hybridized carbons (Fsp3) is 0.273. The number of carbonyl (C=O) groups excluding carboxylic acids is 4. The van der Waals surface area contributed by atoms with Gasteiger partial charge in [-0.15, -0.1) is 0 Å². The molecule has 0 saturated carbocycles. The van der Waals surface area contributed by atoms with E-state index in [-0.39, 0.29) is 17.4 Å². The second-order valence-electron chi connectivity index (χ2n) is 7.02. The molecule has 0 unspecified atom stereocenters. The van der Waals surface area contributed by atoms with Gasteiger partial charge in [0.25, 0.3) is 5.91 Å². The van der Waals surface area contributed by atoms with Gasteiger partial charge >= 0.3 is 5.97 Å². The van der Waals surface area contributed by atoms with Crippen LogP contribution < -0.4 is 16.0 Å². The standard InChI is InChI=1S/C22H25N3O5/c1-12-6-7-20(13(2)8-12)25-21(28)14(3)30-22(29)17-9-18(23-15(4)26)11-19(10-17)24-16(5)27/h6-11,14H,1-5H3,(H,23,26)(H,24,27)(H,25,28)/t14-/m0/s1. The van der Waals surface area contributed by atoms with E-state index in [9.17, 15) is 19.2 Å². The normalized spacial score (nSPS) is 11.2. The minimum atomic E-state index is -1.06. The van der Waals surface area contributed by atoms with Gasteiger partial charge in [0.2, 0.25) is 11.8 Å². The number of aryl methyl sites for hydroxylation is 2. The second kappa shape index (κ2) is 9.69. The molecule has 0 radical (unpaired) electrons. The molecule has 2 aromatic rings. The van der Waals surface area contributed by atoms with E-state index < -0.39 is 18.0 Å². The van der Waals surface area contributed by atoms with Crippen LogP contribution in [0.1, 0.15) is 42.3 Å². The van der Waals surface area contributed by atoms with Gasteiger partial charge in [0.15, 0.2) is 6.10 Å². The fourth-order valence-electron chi connectivity index (χ4n) is 2.77. The van der Waals surface area contributed by atoms with E-state index in [0.29, 0.717) is 17.1 Å². The predicted octanol–water partition coefficient (Wildman–Crippen LogP) is 3.40. The molecule has 0 bridgehead atoms. The molecule has 0 heterocycles. The van der Waals surface area contributed by atoms with Gasteiger partial charge in [0.1, 0.15) is 0 Å². The molecule has 0 aromatic heterocycles. The molecule has 30 heavy (non-hydrogen) atoms. The summed E-state index contributed by atoms with van der Waals surface area (Å²) < 4.78 is 5.28. The van der Waals surface area contributed by atoms with Crippen molar-refractivity contribution in [1.29, 1.82) is 0 Å². The van der Waals surface area contributed by atoms with E-state index in [1.54, 1.807) is 6.07 Å². The first-order chi connectivity index (χ1) is 14.0. The number of carbonyl (C=O) groups is 4. The molecule has 1 atom stereocenters. The molecule has 0 aliphatic carbocycles. The van der Waals surface area contributed by atoms with Gasteiger partial charge in [-0.05, 0) is 50.6 Å². The first kappa shape index (κ1) is 22.6. The monoisotopic (exact) mass is 411 g/mol. The lowest BCUT2D eigenvalue weighted by atomic mass is 10.1. The van der Waals surface area contributed by atoms with Gasteiger partial charge in [-0.3, -0.25) is 14.4 Å². The highest BCUT2D eigenvalue weighted by atomic mass is 16.5. The minimum Gasteiger partial charge on any atom is -0.449 e. The quantitative estimate of drug-likeness (QED) is 0.631. The first-order valence-corrected chi connectivity index (χ1v) is 9.34. The summed E-state index contributed by atoms with van der Waals surface area (Å²) in [5.74, 6) is -1.92. The number of ether oxygens (including phenoxy) is 1. The van der Waals surface area contributed by atoms with E-state index in [1.807, 2.05) is 26.0 Å². The number of anilines is 3. The molecule has 3 amide bonds. The first-order valence-electron chi connectivity index (χ1n) is 9.34.